The predicted octanol–water partition coefficient (Wildman–Crippen LogP) is 1.89. The number of amidine groups is 1. The zero-order valence-electron chi connectivity index (χ0n) is 10.3. The first-order valence-corrected chi connectivity index (χ1v) is 8.11. The molecule has 0 saturated heterocycles. The molecule has 1 rings (SSSR count). The minimum absolute atomic E-state index is 0.109. The average molecular weight is 415 g/mol. The number of rotatable bonds is 4. The number of nitrogens with two attached hydrogens (primary N) is 1. The van der Waals surface area contributed by atoms with E-state index in [0.29, 0.717) is 8.95 Å². The quantitative estimate of drug-likeness (QED) is 0.340. The maximum Gasteiger partial charge on any atom is 0.244 e. The third-order valence-electron chi connectivity index (χ3n) is 2.41. The van der Waals surface area contributed by atoms with Crippen molar-refractivity contribution in [1.29, 1.82) is 0 Å². The van der Waals surface area contributed by atoms with Gasteiger partial charge in [0.2, 0.25) is 10.0 Å². The molecule has 0 radical (unpaired) electrons. The van der Waals surface area contributed by atoms with Crippen LogP contribution in [0, 0.1) is 6.92 Å². The van der Waals surface area contributed by atoms with Crippen LogP contribution in [0.1, 0.15) is 5.56 Å². The lowest BCUT2D eigenvalue weighted by atomic mass is 10.2. The van der Waals surface area contributed by atoms with Gasteiger partial charge in [0, 0.05) is 16.0 Å². The summed E-state index contributed by atoms with van der Waals surface area (Å²) in [6, 6.07) is 3.21. The molecule has 1 aromatic rings. The van der Waals surface area contributed by atoms with Crippen LogP contribution in [0.3, 0.4) is 0 Å². The topological polar surface area (TPSA) is 96.0 Å². The Kier molecular flexibility index (Phi) is 5.36. The third-order valence-corrected chi connectivity index (χ3v) is 6.03. The number of likely N-dealkylation sites (N-methyl/N-ethyl adjacent to an activating group) is 1. The zero-order valence-corrected chi connectivity index (χ0v) is 14.2. The number of oxime groups is 1. The van der Waals surface area contributed by atoms with Gasteiger partial charge in [-0.25, -0.2) is 8.42 Å². The molecule has 0 aromatic heterocycles. The Balaban J connectivity index is 3.24. The van der Waals surface area contributed by atoms with Gasteiger partial charge in [0.25, 0.3) is 0 Å². The summed E-state index contributed by atoms with van der Waals surface area (Å²) in [5.41, 5.74) is 6.22. The number of sulfonamides is 1. The molecule has 3 N–H and O–H groups in total. The van der Waals surface area contributed by atoms with Crippen molar-refractivity contribution < 1.29 is 13.6 Å². The van der Waals surface area contributed by atoms with Gasteiger partial charge < -0.3 is 10.9 Å². The summed E-state index contributed by atoms with van der Waals surface area (Å²) in [7, 11) is -2.37. The maximum absolute atomic E-state index is 12.4. The second-order valence-electron chi connectivity index (χ2n) is 3.88. The highest BCUT2D eigenvalue weighted by Gasteiger charge is 2.25. The lowest BCUT2D eigenvalue weighted by molar-refractivity contribution is 0.315. The molecular formula is C10H13Br2N3O3S. The summed E-state index contributed by atoms with van der Waals surface area (Å²) in [6.07, 6.45) is 0. The van der Waals surface area contributed by atoms with Gasteiger partial charge in [-0.3, -0.25) is 0 Å². The van der Waals surface area contributed by atoms with Crippen LogP contribution < -0.4 is 5.73 Å². The molecule has 9 heteroatoms. The summed E-state index contributed by atoms with van der Waals surface area (Å²) in [5, 5.41) is 11.2. The van der Waals surface area contributed by atoms with Gasteiger partial charge in [0.1, 0.15) is 0 Å². The van der Waals surface area contributed by atoms with Crippen molar-refractivity contribution in [2.75, 3.05) is 13.6 Å². The van der Waals surface area contributed by atoms with Gasteiger partial charge in [-0.05, 0) is 40.5 Å². The standard InChI is InChI=1S/C10H13Br2N3O3S/c1-6-3-8(12)9(4-7(6)11)19(17,18)15(2)5-10(13)14-16/h3-4,16H,5H2,1-2H3,(H2,13,14). The van der Waals surface area contributed by atoms with Crippen molar-refractivity contribution in [2.24, 2.45) is 10.9 Å². The van der Waals surface area contributed by atoms with Crippen LogP contribution in [0.4, 0.5) is 0 Å². The molecule has 0 saturated carbocycles. The molecule has 0 bridgehead atoms. The number of aryl methyl sites for hydroxylation is 1. The van der Waals surface area contributed by atoms with Crippen LogP contribution in [0.5, 0.6) is 0 Å². The maximum atomic E-state index is 12.4. The van der Waals surface area contributed by atoms with Crippen LogP contribution in [0.15, 0.2) is 31.1 Å². The first-order chi connectivity index (χ1) is 8.70. The first kappa shape index (κ1) is 16.4. The smallest absolute Gasteiger partial charge is 0.244 e. The predicted molar refractivity (Wildman–Crippen MR) is 79.8 cm³/mol. The molecule has 0 aliphatic carbocycles. The second-order valence-corrected chi connectivity index (χ2v) is 7.61. The fraction of sp³-hybridized carbons (Fsp3) is 0.300. The van der Waals surface area contributed by atoms with E-state index in [9.17, 15) is 8.42 Å². The molecule has 0 fully saturated rings. The van der Waals surface area contributed by atoms with E-state index in [1.807, 2.05) is 6.92 Å². The normalized spacial score (nSPS) is 13.0. The van der Waals surface area contributed by atoms with E-state index in [-0.39, 0.29) is 17.3 Å². The van der Waals surface area contributed by atoms with Gasteiger partial charge >= 0.3 is 0 Å². The van der Waals surface area contributed by atoms with Gasteiger partial charge in [-0.2, -0.15) is 4.31 Å². The van der Waals surface area contributed by atoms with Crippen molar-refractivity contribution in [3.05, 3.63) is 26.6 Å². The van der Waals surface area contributed by atoms with Crippen molar-refractivity contribution in [2.45, 2.75) is 11.8 Å². The van der Waals surface area contributed by atoms with Crippen molar-refractivity contribution >= 4 is 47.7 Å². The van der Waals surface area contributed by atoms with Crippen LogP contribution in [0.2, 0.25) is 0 Å². The largest absolute Gasteiger partial charge is 0.409 e. The summed E-state index contributed by atoms with van der Waals surface area (Å²) in [6.45, 7) is 1.65. The van der Waals surface area contributed by atoms with Crippen LogP contribution in [0.25, 0.3) is 0 Å². The number of hydrogen-bond acceptors (Lipinski definition) is 4. The Morgan fingerprint density at radius 2 is 2.00 bits per heavy atom. The van der Waals surface area contributed by atoms with Crippen molar-refractivity contribution in [1.82, 2.24) is 4.31 Å². The monoisotopic (exact) mass is 413 g/mol. The van der Waals surface area contributed by atoms with Gasteiger partial charge in [-0.1, -0.05) is 21.1 Å². The molecule has 0 spiro atoms. The summed E-state index contributed by atoms with van der Waals surface area (Å²) in [4.78, 5) is 0.109. The minimum Gasteiger partial charge on any atom is -0.409 e. The van der Waals surface area contributed by atoms with Crippen LogP contribution in [-0.4, -0.2) is 37.4 Å². The lowest BCUT2D eigenvalue weighted by Crippen LogP contribution is -2.35. The minimum atomic E-state index is -3.73. The Morgan fingerprint density at radius 1 is 1.42 bits per heavy atom. The summed E-state index contributed by atoms with van der Waals surface area (Å²) >= 11 is 6.53. The molecule has 0 unspecified atom stereocenters. The van der Waals surface area contributed by atoms with E-state index in [1.165, 1.54) is 13.1 Å². The Hall–Kier alpha value is -0.640. The molecule has 1 aromatic carbocycles. The Labute approximate surface area is 128 Å². The number of benzene rings is 1. The average Bonchev–Trinajstić information content (AvgIpc) is 2.33. The number of hydrogen-bond donors (Lipinski definition) is 2. The first-order valence-electron chi connectivity index (χ1n) is 5.08. The zero-order chi connectivity index (χ0) is 14.8. The Bertz CT molecular complexity index is 617. The second kappa shape index (κ2) is 6.21. The van der Waals surface area contributed by atoms with E-state index in [4.69, 9.17) is 10.9 Å². The molecule has 0 aliphatic rings. The molecule has 0 heterocycles. The highest BCUT2D eigenvalue weighted by Crippen LogP contribution is 2.30. The Morgan fingerprint density at radius 3 is 2.53 bits per heavy atom. The van der Waals surface area contributed by atoms with Crippen LogP contribution >= 0.6 is 31.9 Å². The van der Waals surface area contributed by atoms with Crippen molar-refractivity contribution in [3.63, 3.8) is 0 Å². The fourth-order valence-corrected chi connectivity index (χ4v) is 4.11. The van der Waals surface area contributed by atoms with E-state index >= 15 is 0 Å². The highest BCUT2D eigenvalue weighted by atomic mass is 79.9. The van der Waals surface area contributed by atoms with E-state index in [1.54, 1.807) is 6.07 Å². The molecule has 6 nitrogen and oxygen atoms in total. The van der Waals surface area contributed by atoms with Crippen molar-refractivity contribution in [3.8, 4) is 0 Å². The third kappa shape index (κ3) is 3.68. The molecular weight excluding hydrogens is 402 g/mol. The molecule has 19 heavy (non-hydrogen) atoms. The van der Waals surface area contributed by atoms with Crippen LogP contribution in [-0.2, 0) is 10.0 Å². The fourth-order valence-electron chi connectivity index (χ4n) is 1.34. The SMILES string of the molecule is Cc1cc(Br)c(S(=O)(=O)N(C)C/C(N)=N/O)cc1Br. The number of nitrogens with zero attached hydrogens (tertiary/aromatic N) is 2. The molecule has 0 amide bonds. The summed E-state index contributed by atoms with van der Waals surface area (Å²) < 4.78 is 26.9. The summed E-state index contributed by atoms with van der Waals surface area (Å²) in [5.74, 6) is -0.187. The van der Waals surface area contributed by atoms with Gasteiger partial charge in [-0.15, -0.1) is 0 Å². The van der Waals surface area contributed by atoms with E-state index in [2.05, 4.69) is 37.0 Å². The molecule has 0 atom stereocenters. The molecule has 106 valence electrons. The van der Waals surface area contributed by atoms with Gasteiger partial charge in [0.15, 0.2) is 5.84 Å². The van der Waals surface area contributed by atoms with E-state index < -0.39 is 10.0 Å². The van der Waals surface area contributed by atoms with E-state index in [0.717, 1.165) is 9.87 Å². The lowest BCUT2D eigenvalue weighted by Gasteiger charge is -2.18. The van der Waals surface area contributed by atoms with Gasteiger partial charge in [0.05, 0.1) is 11.4 Å². The highest BCUT2D eigenvalue weighted by molar-refractivity contribution is 9.11. The number of halogens is 2. The molecule has 0 aliphatic heterocycles.